The Morgan fingerprint density at radius 3 is 2.84 bits per heavy atom. The molecule has 3 nitrogen and oxygen atoms in total. The zero-order valence-corrected chi connectivity index (χ0v) is 12.0. The number of benzene rings is 1. The van der Waals surface area contributed by atoms with Gasteiger partial charge in [0.1, 0.15) is 5.75 Å². The average molecular weight is 263 g/mol. The van der Waals surface area contributed by atoms with Gasteiger partial charge in [-0.05, 0) is 38.7 Å². The standard InChI is InChI=1S/C16H25NO2/c1-3-11-18-14-9-5-4-8-13(14)15(17)16(2)10-6-7-12-19-16/h4-5,8-9,15H,3,6-7,10-12,17H2,1-2H3. The van der Waals surface area contributed by atoms with E-state index in [1.807, 2.05) is 18.2 Å². The normalized spacial score (nSPS) is 25.0. The van der Waals surface area contributed by atoms with Crippen LogP contribution in [-0.4, -0.2) is 18.8 Å². The van der Waals surface area contributed by atoms with Gasteiger partial charge in [0.2, 0.25) is 0 Å². The van der Waals surface area contributed by atoms with Gasteiger partial charge in [0.25, 0.3) is 0 Å². The first-order chi connectivity index (χ1) is 9.17. The minimum absolute atomic E-state index is 0.138. The molecule has 2 N–H and O–H groups in total. The fourth-order valence-electron chi connectivity index (χ4n) is 2.61. The zero-order valence-electron chi connectivity index (χ0n) is 12.0. The highest BCUT2D eigenvalue weighted by Gasteiger charge is 2.36. The summed E-state index contributed by atoms with van der Waals surface area (Å²) in [4.78, 5) is 0. The Balaban J connectivity index is 2.19. The smallest absolute Gasteiger partial charge is 0.124 e. The molecular weight excluding hydrogens is 238 g/mol. The molecule has 19 heavy (non-hydrogen) atoms. The van der Waals surface area contributed by atoms with E-state index in [0.717, 1.165) is 43.8 Å². The van der Waals surface area contributed by atoms with E-state index < -0.39 is 0 Å². The Labute approximate surface area is 116 Å². The molecule has 0 aromatic heterocycles. The molecule has 1 fully saturated rings. The van der Waals surface area contributed by atoms with Crippen molar-refractivity contribution < 1.29 is 9.47 Å². The molecule has 1 aromatic rings. The molecule has 0 radical (unpaired) electrons. The largest absolute Gasteiger partial charge is 0.493 e. The van der Waals surface area contributed by atoms with Crippen LogP contribution in [-0.2, 0) is 4.74 Å². The Hall–Kier alpha value is -1.06. The van der Waals surface area contributed by atoms with Gasteiger partial charge in [-0.2, -0.15) is 0 Å². The second kappa shape index (κ2) is 6.40. The van der Waals surface area contributed by atoms with Crippen molar-refractivity contribution in [2.24, 2.45) is 5.73 Å². The molecule has 1 saturated heterocycles. The lowest BCUT2D eigenvalue weighted by molar-refractivity contribution is -0.0824. The summed E-state index contributed by atoms with van der Waals surface area (Å²) in [6.45, 7) is 5.75. The predicted octanol–water partition coefficient (Wildman–Crippen LogP) is 3.43. The summed E-state index contributed by atoms with van der Waals surface area (Å²) in [5.74, 6) is 0.896. The summed E-state index contributed by atoms with van der Waals surface area (Å²) in [5, 5.41) is 0. The molecule has 1 aromatic carbocycles. The number of para-hydroxylation sites is 1. The van der Waals surface area contributed by atoms with E-state index in [1.54, 1.807) is 0 Å². The lowest BCUT2D eigenvalue weighted by atomic mass is 9.84. The van der Waals surface area contributed by atoms with Crippen LogP contribution in [0.5, 0.6) is 5.75 Å². The molecular formula is C16H25NO2. The third-order valence-electron chi connectivity index (χ3n) is 3.87. The minimum Gasteiger partial charge on any atom is -0.493 e. The van der Waals surface area contributed by atoms with Gasteiger partial charge in [-0.3, -0.25) is 0 Å². The van der Waals surface area contributed by atoms with E-state index >= 15 is 0 Å². The number of hydrogen-bond acceptors (Lipinski definition) is 3. The maximum Gasteiger partial charge on any atom is 0.124 e. The van der Waals surface area contributed by atoms with E-state index in [2.05, 4.69) is 19.9 Å². The van der Waals surface area contributed by atoms with Gasteiger partial charge >= 0.3 is 0 Å². The van der Waals surface area contributed by atoms with Crippen molar-refractivity contribution in [2.75, 3.05) is 13.2 Å². The van der Waals surface area contributed by atoms with E-state index in [-0.39, 0.29) is 11.6 Å². The fourth-order valence-corrected chi connectivity index (χ4v) is 2.61. The van der Waals surface area contributed by atoms with Gasteiger partial charge in [-0.25, -0.2) is 0 Å². The molecule has 1 aliphatic rings. The summed E-state index contributed by atoms with van der Waals surface area (Å²) in [7, 11) is 0. The van der Waals surface area contributed by atoms with Crippen LogP contribution in [0.2, 0.25) is 0 Å². The van der Waals surface area contributed by atoms with Gasteiger partial charge in [-0.15, -0.1) is 0 Å². The van der Waals surface area contributed by atoms with Crippen molar-refractivity contribution in [3.63, 3.8) is 0 Å². The van der Waals surface area contributed by atoms with Crippen LogP contribution in [0.4, 0.5) is 0 Å². The fraction of sp³-hybridized carbons (Fsp3) is 0.625. The Bertz CT molecular complexity index is 399. The first kappa shape index (κ1) is 14.4. The predicted molar refractivity (Wildman–Crippen MR) is 77.4 cm³/mol. The van der Waals surface area contributed by atoms with Gasteiger partial charge in [0, 0.05) is 12.2 Å². The van der Waals surface area contributed by atoms with E-state index in [1.165, 1.54) is 6.42 Å². The second-order valence-electron chi connectivity index (χ2n) is 5.48. The first-order valence-electron chi connectivity index (χ1n) is 7.28. The molecule has 2 rings (SSSR count). The molecule has 0 bridgehead atoms. The molecule has 0 saturated carbocycles. The van der Waals surface area contributed by atoms with Gasteiger partial charge < -0.3 is 15.2 Å². The van der Waals surface area contributed by atoms with Crippen LogP contribution in [0.15, 0.2) is 24.3 Å². The van der Waals surface area contributed by atoms with Crippen molar-refractivity contribution in [3.8, 4) is 5.75 Å². The van der Waals surface area contributed by atoms with Crippen LogP contribution < -0.4 is 10.5 Å². The quantitative estimate of drug-likeness (QED) is 0.885. The Morgan fingerprint density at radius 2 is 2.16 bits per heavy atom. The number of nitrogens with two attached hydrogens (primary N) is 1. The number of ether oxygens (including phenoxy) is 2. The Kier molecular flexibility index (Phi) is 4.83. The third kappa shape index (κ3) is 3.28. The molecule has 0 amide bonds. The lowest BCUT2D eigenvalue weighted by Gasteiger charge is -2.39. The zero-order chi connectivity index (χ0) is 13.7. The lowest BCUT2D eigenvalue weighted by Crippen LogP contribution is -2.43. The molecule has 0 spiro atoms. The van der Waals surface area contributed by atoms with Gasteiger partial charge in [0.05, 0.1) is 18.2 Å². The molecule has 106 valence electrons. The molecule has 0 aliphatic carbocycles. The minimum atomic E-state index is -0.274. The van der Waals surface area contributed by atoms with Crippen LogP contribution in [0.3, 0.4) is 0 Å². The van der Waals surface area contributed by atoms with Crippen LogP contribution in [0.25, 0.3) is 0 Å². The van der Waals surface area contributed by atoms with Crippen molar-refractivity contribution in [1.82, 2.24) is 0 Å². The second-order valence-corrected chi connectivity index (χ2v) is 5.48. The van der Waals surface area contributed by atoms with Crippen LogP contribution >= 0.6 is 0 Å². The molecule has 1 aliphatic heterocycles. The van der Waals surface area contributed by atoms with E-state index in [4.69, 9.17) is 15.2 Å². The van der Waals surface area contributed by atoms with Crippen LogP contribution in [0.1, 0.15) is 51.1 Å². The summed E-state index contributed by atoms with van der Waals surface area (Å²) < 4.78 is 11.8. The van der Waals surface area contributed by atoms with Gasteiger partial charge in [0.15, 0.2) is 0 Å². The topological polar surface area (TPSA) is 44.5 Å². The van der Waals surface area contributed by atoms with Crippen molar-refractivity contribution >= 4 is 0 Å². The summed E-state index contributed by atoms with van der Waals surface area (Å²) in [5.41, 5.74) is 7.25. The molecule has 3 heteroatoms. The van der Waals surface area contributed by atoms with E-state index in [0.29, 0.717) is 0 Å². The van der Waals surface area contributed by atoms with Crippen molar-refractivity contribution in [3.05, 3.63) is 29.8 Å². The van der Waals surface area contributed by atoms with Gasteiger partial charge in [-0.1, -0.05) is 25.1 Å². The maximum atomic E-state index is 6.47. The highest BCUT2D eigenvalue weighted by molar-refractivity contribution is 5.37. The first-order valence-corrected chi connectivity index (χ1v) is 7.28. The third-order valence-corrected chi connectivity index (χ3v) is 3.87. The SMILES string of the molecule is CCCOc1ccccc1C(N)C1(C)CCCCO1. The Morgan fingerprint density at radius 1 is 1.37 bits per heavy atom. The average Bonchev–Trinajstić information content (AvgIpc) is 2.45. The number of hydrogen-bond donors (Lipinski definition) is 1. The monoisotopic (exact) mass is 263 g/mol. The maximum absolute atomic E-state index is 6.47. The highest BCUT2D eigenvalue weighted by Crippen LogP contribution is 2.38. The summed E-state index contributed by atoms with van der Waals surface area (Å²) in [6.07, 6.45) is 4.33. The van der Waals surface area contributed by atoms with Crippen molar-refractivity contribution in [2.45, 2.75) is 51.2 Å². The summed E-state index contributed by atoms with van der Waals surface area (Å²) in [6, 6.07) is 7.92. The van der Waals surface area contributed by atoms with Crippen LogP contribution in [0, 0.1) is 0 Å². The van der Waals surface area contributed by atoms with E-state index in [9.17, 15) is 0 Å². The number of rotatable bonds is 5. The molecule has 2 unspecified atom stereocenters. The summed E-state index contributed by atoms with van der Waals surface area (Å²) >= 11 is 0. The highest BCUT2D eigenvalue weighted by atomic mass is 16.5. The van der Waals surface area contributed by atoms with Crippen molar-refractivity contribution in [1.29, 1.82) is 0 Å². The molecule has 2 atom stereocenters. The molecule has 1 heterocycles.